The van der Waals surface area contributed by atoms with E-state index in [4.69, 9.17) is 5.73 Å². The fourth-order valence-corrected chi connectivity index (χ4v) is 3.23. The van der Waals surface area contributed by atoms with Gasteiger partial charge in [0.1, 0.15) is 17.2 Å². The molecule has 0 bridgehead atoms. The Kier molecular flexibility index (Phi) is 2.45. The molecule has 0 atom stereocenters. The third-order valence-corrected chi connectivity index (χ3v) is 4.32. The van der Waals surface area contributed by atoms with E-state index in [2.05, 4.69) is 20.9 Å². The van der Waals surface area contributed by atoms with Crippen molar-refractivity contribution < 1.29 is 0 Å². The minimum absolute atomic E-state index is 0.693. The van der Waals surface area contributed by atoms with E-state index in [-0.39, 0.29) is 0 Å². The maximum Gasteiger partial charge on any atom is 0.142 e. The second-order valence-corrected chi connectivity index (χ2v) is 6.30. The number of pyridine rings is 1. The molecular formula is C12H10BrN3S. The van der Waals surface area contributed by atoms with E-state index in [0.717, 1.165) is 25.6 Å². The number of nitrogen functional groups attached to an aromatic ring is 1. The van der Waals surface area contributed by atoms with Gasteiger partial charge in [0.25, 0.3) is 0 Å². The summed E-state index contributed by atoms with van der Waals surface area (Å²) >= 11 is 5.09. The number of thiophene rings is 1. The lowest BCUT2D eigenvalue weighted by molar-refractivity contribution is 1.17. The molecule has 3 nitrogen and oxygen atoms in total. The molecule has 0 spiro atoms. The highest BCUT2D eigenvalue weighted by Crippen LogP contribution is 2.34. The number of nitrogens with zero attached hydrogens (tertiary/aromatic N) is 2. The molecule has 0 aliphatic rings. The second kappa shape index (κ2) is 3.85. The van der Waals surface area contributed by atoms with Crippen LogP contribution in [0.1, 0.15) is 5.56 Å². The normalized spacial score (nSPS) is 11.2. The van der Waals surface area contributed by atoms with Crippen LogP contribution in [0.15, 0.2) is 34.2 Å². The molecule has 5 heteroatoms. The predicted octanol–water partition coefficient (Wildman–Crippen LogP) is 3.72. The monoisotopic (exact) mass is 307 g/mol. The first-order valence-electron chi connectivity index (χ1n) is 5.15. The van der Waals surface area contributed by atoms with Crippen molar-refractivity contribution in [2.75, 3.05) is 5.73 Å². The summed E-state index contributed by atoms with van der Waals surface area (Å²) in [4.78, 5) is 5.70. The summed E-state index contributed by atoms with van der Waals surface area (Å²) < 4.78 is 3.01. The van der Waals surface area contributed by atoms with E-state index in [1.807, 2.05) is 41.8 Å². The van der Waals surface area contributed by atoms with Gasteiger partial charge in [0.2, 0.25) is 0 Å². The van der Waals surface area contributed by atoms with Crippen molar-refractivity contribution in [1.82, 2.24) is 9.38 Å². The molecular weight excluding hydrogens is 298 g/mol. The molecule has 0 aliphatic carbocycles. The highest BCUT2D eigenvalue weighted by atomic mass is 79.9. The number of anilines is 1. The first-order chi connectivity index (χ1) is 8.16. The maximum absolute atomic E-state index is 6.14. The minimum atomic E-state index is 0.693. The Morgan fingerprint density at radius 3 is 2.82 bits per heavy atom. The van der Waals surface area contributed by atoms with Gasteiger partial charge >= 0.3 is 0 Å². The quantitative estimate of drug-likeness (QED) is 0.744. The molecule has 2 N–H and O–H groups in total. The topological polar surface area (TPSA) is 43.3 Å². The van der Waals surface area contributed by atoms with Gasteiger partial charge in [-0.1, -0.05) is 6.07 Å². The van der Waals surface area contributed by atoms with Crippen molar-refractivity contribution >= 4 is 38.7 Å². The van der Waals surface area contributed by atoms with Crippen LogP contribution in [0.5, 0.6) is 0 Å². The molecule has 0 aliphatic heterocycles. The van der Waals surface area contributed by atoms with Gasteiger partial charge in [0.15, 0.2) is 0 Å². The lowest BCUT2D eigenvalue weighted by Gasteiger charge is -1.97. The third-order valence-electron chi connectivity index (χ3n) is 2.69. The van der Waals surface area contributed by atoms with E-state index in [0.29, 0.717) is 5.82 Å². The molecule has 17 heavy (non-hydrogen) atoms. The number of aromatic nitrogens is 2. The fourth-order valence-electron chi connectivity index (χ4n) is 1.85. The van der Waals surface area contributed by atoms with Gasteiger partial charge in [-0.2, -0.15) is 0 Å². The van der Waals surface area contributed by atoms with Gasteiger partial charge in [-0.25, -0.2) is 4.98 Å². The minimum Gasteiger partial charge on any atom is -0.383 e. The summed E-state index contributed by atoms with van der Waals surface area (Å²) in [6.07, 6.45) is 1.94. The SMILES string of the molecule is Cc1cccn2c(N)c(-c3ccc(Br)s3)nc12. The summed E-state index contributed by atoms with van der Waals surface area (Å²) in [6, 6.07) is 8.06. The van der Waals surface area contributed by atoms with Gasteiger partial charge in [-0.3, -0.25) is 4.40 Å². The van der Waals surface area contributed by atoms with Crippen LogP contribution >= 0.6 is 27.3 Å². The molecule has 0 aromatic carbocycles. The van der Waals surface area contributed by atoms with Gasteiger partial charge < -0.3 is 5.73 Å². The zero-order valence-corrected chi connectivity index (χ0v) is 11.5. The Hall–Kier alpha value is -1.33. The Morgan fingerprint density at radius 1 is 1.35 bits per heavy atom. The Morgan fingerprint density at radius 2 is 2.18 bits per heavy atom. The third kappa shape index (κ3) is 1.66. The number of rotatable bonds is 1. The molecule has 3 aromatic rings. The zero-order valence-electron chi connectivity index (χ0n) is 9.14. The van der Waals surface area contributed by atoms with Crippen molar-refractivity contribution in [3.8, 4) is 10.6 Å². The van der Waals surface area contributed by atoms with E-state index in [9.17, 15) is 0 Å². The summed E-state index contributed by atoms with van der Waals surface area (Å²) in [5.74, 6) is 0.693. The van der Waals surface area contributed by atoms with Crippen LogP contribution in [-0.2, 0) is 0 Å². The molecule has 3 heterocycles. The molecule has 0 radical (unpaired) electrons. The lowest BCUT2D eigenvalue weighted by Crippen LogP contribution is -1.93. The van der Waals surface area contributed by atoms with Crippen LogP contribution in [-0.4, -0.2) is 9.38 Å². The molecule has 0 unspecified atom stereocenters. The summed E-state index contributed by atoms with van der Waals surface area (Å²) in [5, 5.41) is 0. The van der Waals surface area contributed by atoms with Crippen molar-refractivity contribution in [3.63, 3.8) is 0 Å². The first-order valence-corrected chi connectivity index (χ1v) is 6.76. The lowest BCUT2D eigenvalue weighted by atomic mass is 10.3. The fraction of sp³-hybridized carbons (Fsp3) is 0.0833. The first kappa shape index (κ1) is 10.8. The predicted molar refractivity (Wildman–Crippen MR) is 75.4 cm³/mol. The van der Waals surface area contributed by atoms with E-state index < -0.39 is 0 Å². The average molecular weight is 308 g/mol. The Bertz CT molecular complexity index is 699. The standard InChI is InChI=1S/C12H10BrN3S/c1-7-3-2-6-16-11(14)10(15-12(7)16)8-4-5-9(13)17-8/h2-6H,14H2,1H3. The van der Waals surface area contributed by atoms with E-state index in [1.54, 1.807) is 11.3 Å². The molecule has 0 saturated carbocycles. The van der Waals surface area contributed by atoms with E-state index in [1.165, 1.54) is 0 Å². The number of nitrogens with two attached hydrogens (primary N) is 1. The number of hydrogen-bond donors (Lipinski definition) is 1. The molecule has 3 rings (SSSR count). The Labute approximate surface area is 111 Å². The number of aryl methyl sites for hydroxylation is 1. The molecule has 0 amide bonds. The number of imidazole rings is 1. The highest BCUT2D eigenvalue weighted by molar-refractivity contribution is 9.11. The summed E-state index contributed by atoms with van der Waals surface area (Å²) in [5.41, 5.74) is 9.04. The smallest absolute Gasteiger partial charge is 0.142 e. The zero-order chi connectivity index (χ0) is 12.0. The van der Waals surface area contributed by atoms with Gasteiger partial charge in [-0.15, -0.1) is 11.3 Å². The molecule has 3 aromatic heterocycles. The second-order valence-electron chi connectivity index (χ2n) is 3.83. The van der Waals surface area contributed by atoms with Crippen LogP contribution < -0.4 is 5.73 Å². The molecule has 0 fully saturated rings. The van der Waals surface area contributed by atoms with Crippen molar-refractivity contribution in [2.45, 2.75) is 6.92 Å². The van der Waals surface area contributed by atoms with Crippen molar-refractivity contribution in [3.05, 3.63) is 39.8 Å². The Balaban J connectivity index is 2.31. The van der Waals surface area contributed by atoms with Gasteiger partial charge in [0, 0.05) is 6.20 Å². The molecule has 0 saturated heterocycles. The number of fused-ring (bicyclic) bond motifs is 1. The number of halogens is 1. The molecule has 86 valence electrons. The van der Waals surface area contributed by atoms with Crippen molar-refractivity contribution in [1.29, 1.82) is 0 Å². The van der Waals surface area contributed by atoms with Gasteiger partial charge in [-0.05, 0) is 46.6 Å². The van der Waals surface area contributed by atoms with Crippen LogP contribution in [0, 0.1) is 6.92 Å². The van der Waals surface area contributed by atoms with E-state index >= 15 is 0 Å². The highest BCUT2D eigenvalue weighted by Gasteiger charge is 2.13. The summed E-state index contributed by atoms with van der Waals surface area (Å²) in [6.45, 7) is 2.04. The summed E-state index contributed by atoms with van der Waals surface area (Å²) in [7, 11) is 0. The number of hydrogen-bond acceptors (Lipinski definition) is 3. The van der Waals surface area contributed by atoms with Crippen LogP contribution in [0.4, 0.5) is 5.82 Å². The largest absolute Gasteiger partial charge is 0.383 e. The van der Waals surface area contributed by atoms with Crippen LogP contribution in [0.25, 0.3) is 16.2 Å². The van der Waals surface area contributed by atoms with Crippen molar-refractivity contribution in [2.24, 2.45) is 0 Å². The van der Waals surface area contributed by atoms with Crippen LogP contribution in [0.3, 0.4) is 0 Å². The van der Waals surface area contributed by atoms with Crippen LogP contribution in [0.2, 0.25) is 0 Å². The average Bonchev–Trinajstić information content (AvgIpc) is 2.85. The van der Waals surface area contributed by atoms with Gasteiger partial charge in [0.05, 0.1) is 8.66 Å². The maximum atomic E-state index is 6.14.